The number of rotatable bonds is 4. The van der Waals surface area contributed by atoms with E-state index >= 15 is 0 Å². The molecule has 1 aromatic rings. The van der Waals surface area contributed by atoms with Crippen molar-refractivity contribution in [3.63, 3.8) is 0 Å². The van der Waals surface area contributed by atoms with Gasteiger partial charge in [-0.05, 0) is 30.9 Å². The Hall–Kier alpha value is -2.69. The van der Waals surface area contributed by atoms with Crippen LogP contribution in [0.1, 0.15) is 25.3 Å². The van der Waals surface area contributed by atoms with Gasteiger partial charge in [0.25, 0.3) is 0 Å². The van der Waals surface area contributed by atoms with Gasteiger partial charge in [0.05, 0.1) is 18.0 Å². The van der Waals surface area contributed by atoms with E-state index < -0.39 is 11.9 Å². The zero-order valence-corrected chi connectivity index (χ0v) is 13.4. The van der Waals surface area contributed by atoms with E-state index in [1.54, 1.807) is 6.92 Å². The Bertz CT molecular complexity index is 761. The Balaban J connectivity index is 1.82. The van der Waals surface area contributed by atoms with Crippen molar-refractivity contribution in [3.8, 4) is 0 Å². The van der Waals surface area contributed by atoms with Crippen LogP contribution in [0.5, 0.6) is 0 Å². The molecule has 2 unspecified atom stereocenters. The van der Waals surface area contributed by atoms with Crippen molar-refractivity contribution >= 4 is 17.7 Å². The first kappa shape index (κ1) is 16.2. The van der Waals surface area contributed by atoms with E-state index in [4.69, 9.17) is 5.11 Å². The summed E-state index contributed by atoms with van der Waals surface area (Å²) in [7, 11) is 0. The van der Waals surface area contributed by atoms with Crippen LogP contribution in [0.25, 0.3) is 0 Å². The predicted molar refractivity (Wildman–Crippen MR) is 87.9 cm³/mol. The quantitative estimate of drug-likeness (QED) is 0.889. The van der Waals surface area contributed by atoms with Crippen LogP contribution in [0.2, 0.25) is 0 Å². The first-order valence-electron chi connectivity index (χ1n) is 7.98. The summed E-state index contributed by atoms with van der Waals surface area (Å²) in [5.41, 5.74) is 2.91. The summed E-state index contributed by atoms with van der Waals surface area (Å²) in [6, 6.07) is 9.76. The van der Waals surface area contributed by atoms with Gasteiger partial charge in [-0.3, -0.25) is 14.4 Å². The third-order valence-corrected chi connectivity index (χ3v) is 4.62. The van der Waals surface area contributed by atoms with E-state index in [1.165, 1.54) is 0 Å². The van der Waals surface area contributed by atoms with Crippen LogP contribution >= 0.6 is 0 Å². The minimum Gasteiger partial charge on any atom is -0.481 e. The molecule has 5 heteroatoms. The number of ketones is 1. The lowest BCUT2D eigenvalue weighted by molar-refractivity contribution is -0.139. The lowest BCUT2D eigenvalue weighted by Gasteiger charge is -2.31. The van der Waals surface area contributed by atoms with Gasteiger partial charge in [-0.15, -0.1) is 0 Å². The Morgan fingerprint density at radius 3 is 2.62 bits per heavy atom. The lowest BCUT2D eigenvalue weighted by Crippen LogP contribution is -2.42. The summed E-state index contributed by atoms with van der Waals surface area (Å²) >= 11 is 0. The second-order valence-electron chi connectivity index (χ2n) is 6.38. The molecule has 5 nitrogen and oxygen atoms in total. The topological polar surface area (TPSA) is 83.5 Å². The van der Waals surface area contributed by atoms with Crippen LogP contribution in [-0.4, -0.2) is 22.8 Å². The lowest BCUT2D eigenvalue weighted by atomic mass is 9.78. The molecular formula is C19H19NO4. The molecule has 2 atom stereocenters. The van der Waals surface area contributed by atoms with Crippen LogP contribution in [-0.2, 0) is 20.8 Å². The maximum atomic E-state index is 12.5. The summed E-state index contributed by atoms with van der Waals surface area (Å²) in [5.74, 6) is -2.40. The second-order valence-corrected chi connectivity index (χ2v) is 6.38. The highest BCUT2D eigenvalue weighted by Gasteiger charge is 2.37. The molecule has 1 heterocycles. The van der Waals surface area contributed by atoms with Gasteiger partial charge in [-0.2, -0.15) is 0 Å². The van der Waals surface area contributed by atoms with Crippen molar-refractivity contribution in [2.24, 2.45) is 11.8 Å². The molecule has 0 aromatic heterocycles. The van der Waals surface area contributed by atoms with Gasteiger partial charge in [0.15, 0.2) is 5.78 Å². The number of Topliss-reactive ketones (excluding diaryl/α,β-unsaturated/α-hetero) is 1. The van der Waals surface area contributed by atoms with Crippen LogP contribution in [0.3, 0.4) is 0 Å². The zero-order valence-electron chi connectivity index (χ0n) is 13.4. The van der Waals surface area contributed by atoms with E-state index in [2.05, 4.69) is 5.32 Å². The minimum atomic E-state index is -1.02. The first-order chi connectivity index (χ1) is 11.5. The van der Waals surface area contributed by atoms with Crippen molar-refractivity contribution < 1.29 is 19.5 Å². The van der Waals surface area contributed by atoms with Gasteiger partial charge in [0, 0.05) is 5.92 Å². The molecule has 0 saturated heterocycles. The number of hydrogen-bond donors (Lipinski definition) is 2. The molecule has 1 aliphatic carbocycles. The number of hydrogen-bond acceptors (Lipinski definition) is 3. The third kappa shape index (κ3) is 3.15. The second kappa shape index (κ2) is 6.43. The van der Waals surface area contributed by atoms with Crippen LogP contribution < -0.4 is 5.32 Å². The molecule has 24 heavy (non-hydrogen) atoms. The Labute approximate surface area is 140 Å². The van der Waals surface area contributed by atoms with E-state index in [0.717, 1.165) is 16.7 Å². The summed E-state index contributed by atoms with van der Waals surface area (Å²) in [5, 5.41) is 11.7. The molecule has 3 rings (SSSR count). The summed E-state index contributed by atoms with van der Waals surface area (Å²) in [4.78, 5) is 35.9. The number of allylic oxidation sites excluding steroid dienone is 4. The van der Waals surface area contributed by atoms with Gasteiger partial charge < -0.3 is 10.4 Å². The van der Waals surface area contributed by atoms with Crippen molar-refractivity contribution in [2.45, 2.75) is 26.2 Å². The minimum absolute atomic E-state index is 0.173. The number of carbonyl (C=O) groups excluding carboxylic acids is 2. The van der Waals surface area contributed by atoms with Crippen molar-refractivity contribution in [3.05, 3.63) is 58.8 Å². The average Bonchev–Trinajstić information content (AvgIpc) is 2.54. The zero-order chi connectivity index (χ0) is 17.3. The maximum Gasteiger partial charge on any atom is 0.304 e. The van der Waals surface area contributed by atoms with Crippen LogP contribution in [0, 0.1) is 11.8 Å². The predicted octanol–water partition coefficient (Wildman–Crippen LogP) is 2.24. The van der Waals surface area contributed by atoms with Gasteiger partial charge in [-0.25, -0.2) is 0 Å². The normalized spacial score (nSPS) is 23.5. The summed E-state index contributed by atoms with van der Waals surface area (Å²) < 4.78 is 0. The van der Waals surface area contributed by atoms with Crippen LogP contribution in [0.15, 0.2) is 53.3 Å². The van der Waals surface area contributed by atoms with Crippen molar-refractivity contribution in [2.75, 3.05) is 0 Å². The third-order valence-electron chi connectivity index (χ3n) is 4.62. The summed E-state index contributed by atoms with van der Waals surface area (Å²) in [6.07, 6.45) is 2.73. The number of benzene rings is 1. The Morgan fingerprint density at radius 1 is 1.25 bits per heavy atom. The Kier molecular flexibility index (Phi) is 4.34. The molecule has 1 aliphatic heterocycles. The number of carbonyl (C=O) groups is 3. The fourth-order valence-corrected chi connectivity index (χ4v) is 3.36. The maximum absolute atomic E-state index is 12.5. The monoisotopic (exact) mass is 325 g/mol. The highest BCUT2D eigenvalue weighted by Crippen LogP contribution is 2.34. The van der Waals surface area contributed by atoms with E-state index in [0.29, 0.717) is 12.8 Å². The smallest absolute Gasteiger partial charge is 0.304 e. The van der Waals surface area contributed by atoms with Gasteiger partial charge in [-0.1, -0.05) is 42.0 Å². The molecular weight excluding hydrogens is 306 g/mol. The summed E-state index contributed by atoms with van der Waals surface area (Å²) in [6.45, 7) is 1.78. The fourth-order valence-electron chi connectivity index (χ4n) is 3.36. The molecule has 0 radical (unpaired) electrons. The van der Waals surface area contributed by atoms with Crippen molar-refractivity contribution in [1.29, 1.82) is 0 Å². The highest BCUT2D eigenvalue weighted by atomic mass is 16.4. The van der Waals surface area contributed by atoms with E-state index in [9.17, 15) is 14.4 Å². The molecule has 124 valence electrons. The molecule has 0 spiro atoms. The number of nitrogens with one attached hydrogen (secondary N) is 1. The SMILES string of the molecule is CC1=CC2=C(NC(=O)C(Cc3ccccc3)C2)C(=O)C1CC(=O)O. The molecule has 2 N–H and O–H groups in total. The standard InChI is InChI=1S/C19H19NO4/c1-11-7-13-9-14(8-12-5-3-2-4-6-12)19(24)20-17(13)18(23)15(11)10-16(21)22/h2-7,14-15H,8-10H2,1H3,(H,20,24)(H,21,22). The number of aliphatic carboxylic acids is 1. The largest absolute Gasteiger partial charge is 0.481 e. The van der Waals surface area contributed by atoms with E-state index in [-0.39, 0.29) is 29.7 Å². The molecule has 0 fully saturated rings. The van der Waals surface area contributed by atoms with Gasteiger partial charge >= 0.3 is 5.97 Å². The first-order valence-corrected chi connectivity index (χ1v) is 7.98. The molecule has 0 bridgehead atoms. The Morgan fingerprint density at radius 2 is 1.96 bits per heavy atom. The highest BCUT2D eigenvalue weighted by molar-refractivity contribution is 6.06. The molecule has 1 aromatic carbocycles. The molecule has 1 amide bonds. The number of amides is 1. The van der Waals surface area contributed by atoms with Crippen molar-refractivity contribution in [1.82, 2.24) is 5.32 Å². The fraction of sp³-hybridized carbons (Fsp3) is 0.316. The number of carboxylic acid groups (broad SMARTS) is 1. The van der Waals surface area contributed by atoms with Crippen LogP contribution in [0.4, 0.5) is 0 Å². The molecule has 2 aliphatic rings. The number of carboxylic acids is 1. The van der Waals surface area contributed by atoms with Gasteiger partial charge in [0.1, 0.15) is 0 Å². The van der Waals surface area contributed by atoms with E-state index in [1.807, 2.05) is 36.4 Å². The average molecular weight is 325 g/mol. The molecule has 0 saturated carbocycles. The van der Waals surface area contributed by atoms with Gasteiger partial charge in [0.2, 0.25) is 5.91 Å².